The molecule has 1 saturated heterocycles. The van der Waals surface area contributed by atoms with Crippen molar-refractivity contribution in [3.63, 3.8) is 0 Å². The molecule has 0 spiro atoms. The summed E-state index contributed by atoms with van der Waals surface area (Å²) in [6.07, 6.45) is 1.39. The Kier molecular flexibility index (Phi) is 3.90. The molecule has 1 unspecified atom stereocenters. The minimum atomic E-state index is -0.513. The van der Waals surface area contributed by atoms with Crippen LogP contribution in [0.4, 0.5) is 4.79 Å². The lowest BCUT2D eigenvalue weighted by atomic mass is 10.2. The van der Waals surface area contributed by atoms with E-state index in [-0.39, 0.29) is 12.1 Å². The highest BCUT2D eigenvalue weighted by molar-refractivity contribution is 7.13. The van der Waals surface area contributed by atoms with E-state index in [1.165, 1.54) is 0 Å². The van der Waals surface area contributed by atoms with Gasteiger partial charge in [0, 0.05) is 6.54 Å². The van der Waals surface area contributed by atoms with Crippen molar-refractivity contribution in [3.05, 3.63) is 23.4 Å². The van der Waals surface area contributed by atoms with Crippen molar-refractivity contribution < 1.29 is 14.1 Å². The number of hydrogen-bond donors (Lipinski definition) is 0. The molecule has 6 nitrogen and oxygen atoms in total. The predicted octanol–water partition coefficient (Wildman–Crippen LogP) is 3.87. The van der Waals surface area contributed by atoms with Gasteiger partial charge in [0.05, 0.1) is 4.88 Å². The van der Waals surface area contributed by atoms with E-state index in [4.69, 9.17) is 9.26 Å². The van der Waals surface area contributed by atoms with Crippen molar-refractivity contribution in [3.8, 4) is 10.7 Å². The number of thiophene rings is 1. The van der Waals surface area contributed by atoms with E-state index in [1.54, 1.807) is 16.2 Å². The Bertz CT molecular complexity index is 645. The Morgan fingerprint density at radius 1 is 1.50 bits per heavy atom. The number of rotatable bonds is 2. The van der Waals surface area contributed by atoms with E-state index in [9.17, 15) is 4.79 Å². The van der Waals surface area contributed by atoms with Crippen LogP contribution in [0.1, 0.15) is 45.5 Å². The molecule has 3 rings (SSSR count). The molecule has 22 heavy (non-hydrogen) atoms. The molecule has 1 atom stereocenters. The maximum Gasteiger partial charge on any atom is 0.410 e. The summed E-state index contributed by atoms with van der Waals surface area (Å²) < 4.78 is 10.8. The normalized spacial score (nSPS) is 18.7. The van der Waals surface area contributed by atoms with Crippen LogP contribution in [0, 0.1) is 0 Å². The molecule has 3 heterocycles. The largest absolute Gasteiger partial charge is 0.444 e. The third-order valence-corrected chi connectivity index (χ3v) is 4.21. The second-order valence-corrected chi connectivity index (χ2v) is 7.21. The molecule has 1 fully saturated rings. The van der Waals surface area contributed by atoms with E-state index in [0.717, 1.165) is 17.7 Å². The number of ether oxygens (including phenoxy) is 1. The van der Waals surface area contributed by atoms with Crippen LogP contribution >= 0.6 is 11.3 Å². The van der Waals surface area contributed by atoms with Crippen molar-refractivity contribution in [1.82, 2.24) is 15.0 Å². The summed E-state index contributed by atoms with van der Waals surface area (Å²) in [6, 6.07) is 3.69. The zero-order valence-electron chi connectivity index (χ0n) is 12.9. The average Bonchev–Trinajstić information content (AvgIpc) is 3.17. The Labute approximate surface area is 133 Å². The Balaban J connectivity index is 1.77. The third kappa shape index (κ3) is 3.14. The zero-order valence-corrected chi connectivity index (χ0v) is 13.7. The van der Waals surface area contributed by atoms with E-state index < -0.39 is 5.60 Å². The van der Waals surface area contributed by atoms with Crippen molar-refractivity contribution in [2.75, 3.05) is 6.54 Å². The van der Waals surface area contributed by atoms with Gasteiger partial charge in [-0.2, -0.15) is 4.98 Å². The van der Waals surface area contributed by atoms with Gasteiger partial charge >= 0.3 is 6.09 Å². The fraction of sp³-hybridized carbons (Fsp3) is 0.533. The summed E-state index contributed by atoms with van der Waals surface area (Å²) in [5.41, 5.74) is -0.513. The maximum atomic E-state index is 12.3. The molecule has 2 aromatic rings. The van der Waals surface area contributed by atoms with Crippen molar-refractivity contribution >= 4 is 17.4 Å². The smallest absolute Gasteiger partial charge is 0.410 e. The zero-order chi connectivity index (χ0) is 15.7. The highest BCUT2D eigenvalue weighted by Gasteiger charge is 2.36. The predicted molar refractivity (Wildman–Crippen MR) is 82.5 cm³/mol. The lowest BCUT2D eigenvalue weighted by molar-refractivity contribution is 0.0199. The fourth-order valence-electron chi connectivity index (χ4n) is 2.44. The van der Waals surface area contributed by atoms with Gasteiger partial charge in [0.1, 0.15) is 11.6 Å². The molecule has 1 aliphatic rings. The van der Waals surface area contributed by atoms with Crippen LogP contribution in [-0.4, -0.2) is 33.3 Å². The summed E-state index contributed by atoms with van der Waals surface area (Å²) >= 11 is 1.56. The van der Waals surface area contributed by atoms with Crippen LogP contribution in [-0.2, 0) is 4.74 Å². The number of hydrogen-bond acceptors (Lipinski definition) is 6. The molecule has 1 aliphatic heterocycles. The molecule has 7 heteroatoms. The molecule has 0 radical (unpaired) electrons. The van der Waals surface area contributed by atoms with Gasteiger partial charge in [0.2, 0.25) is 11.7 Å². The van der Waals surface area contributed by atoms with Crippen molar-refractivity contribution in [2.45, 2.75) is 45.3 Å². The maximum absolute atomic E-state index is 12.3. The molecule has 0 saturated carbocycles. The van der Waals surface area contributed by atoms with Crippen LogP contribution in [0.2, 0.25) is 0 Å². The first-order valence-corrected chi connectivity index (χ1v) is 8.19. The summed E-state index contributed by atoms with van der Waals surface area (Å²) in [4.78, 5) is 19.4. The fourth-order valence-corrected chi connectivity index (χ4v) is 3.09. The lowest BCUT2D eigenvalue weighted by Crippen LogP contribution is -2.36. The molecule has 118 valence electrons. The first-order valence-electron chi connectivity index (χ1n) is 7.31. The van der Waals surface area contributed by atoms with E-state index in [2.05, 4.69) is 10.1 Å². The van der Waals surface area contributed by atoms with E-state index in [1.807, 2.05) is 38.3 Å². The summed E-state index contributed by atoms with van der Waals surface area (Å²) in [5, 5.41) is 5.98. The van der Waals surface area contributed by atoms with Crippen LogP contribution in [0.25, 0.3) is 10.7 Å². The number of likely N-dealkylation sites (tertiary alicyclic amines) is 1. The standard InChI is InChI=1S/C15H19N3O3S/c1-15(2,3)20-14(19)18-8-4-6-10(18)13-16-12(17-21-13)11-7-5-9-22-11/h5,7,9-10H,4,6,8H2,1-3H3. The monoisotopic (exact) mass is 321 g/mol. The molecule has 0 bridgehead atoms. The van der Waals surface area contributed by atoms with Crippen LogP contribution in [0.15, 0.2) is 22.0 Å². The van der Waals surface area contributed by atoms with Gasteiger partial charge in [-0.3, -0.25) is 4.90 Å². The van der Waals surface area contributed by atoms with Gasteiger partial charge in [0.25, 0.3) is 0 Å². The molecular weight excluding hydrogens is 302 g/mol. The molecular formula is C15H19N3O3S. The minimum absolute atomic E-state index is 0.198. The second kappa shape index (κ2) is 5.72. The molecule has 1 amide bonds. The van der Waals surface area contributed by atoms with E-state index in [0.29, 0.717) is 18.3 Å². The lowest BCUT2D eigenvalue weighted by Gasteiger charge is -2.26. The topological polar surface area (TPSA) is 68.5 Å². The van der Waals surface area contributed by atoms with Gasteiger partial charge in [-0.25, -0.2) is 4.79 Å². The summed E-state index contributed by atoms with van der Waals surface area (Å²) in [5.74, 6) is 1.05. The number of aromatic nitrogens is 2. The van der Waals surface area contributed by atoms with Crippen LogP contribution in [0.5, 0.6) is 0 Å². The van der Waals surface area contributed by atoms with Gasteiger partial charge in [-0.1, -0.05) is 11.2 Å². The average molecular weight is 321 g/mol. The van der Waals surface area contributed by atoms with Gasteiger partial charge in [0.15, 0.2) is 0 Å². The van der Waals surface area contributed by atoms with Crippen molar-refractivity contribution in [2.24, 2.45) is 0 Å². The van der Waals surface area contributed by atoms with Crippen LogP contribution in [0.3, 0.4) is 0 Å². The highest BCUT2D eigenvalue weighted by Crippen LogP contribution is 2.33. The number of carbonyl (C=O) groups is 1. The minimum Gasteiger partial charge on any atom is -0.444 e. The number of nitrogens with zero attached hydrogens (tertiary/aromatic N) is 3. The molecule has 2 aromatic heterocycles. The van der Waals surface area contributed by atoms with Crippen LogP contribution < -0.4 is 0 Å². The molecule has 0 aliphatic carbocycles. The first-order chi connectivity index (χ1) is 10.4. The SMILES string of the molecule is CC(C)(C)OC(=O)N1CCCC1c1nc(-c2cccs2)no1. The quantitative estimate of drug-likeness (QED) is 0.840. The second-order valence-electron chi connectivity index (χ2n) is 6.27. The summed E-state index contributed by atoms with van der Waals surface area (Å²) in [7, 11) is 0. The number of amides is 1. The van der Waals surface area contributed by atoms with Gasteiger partial charge < -0.3 is 9.26 Å². The molecule has 0 N–H and O–H groups in total. The van der Waals surface area contributed by atoms with E-state index >= 15 is 0 Å². The Hall–Kier alpha value is -1.89. The van der Waals surface area contributed by atoms with Gasteiger partial charge in [-0.15, -0.1) is 11.3 Å². The van der Waals surface area contributed by atoms with Crippen molar-refractivity contribution in [1.29, 1.82) is 0 Å². The Morgan fingerprint density at radius 2 is 2.32 bits per heavy atom. The first kappa shape index (κ1) is 15.0. The molecule has 0 aromatic carbocycles. The third-order valence-electron chi connectivity index (χ3n) is 3.35. The van der Waals surface area contributed by atoms with Gasteiger partial charge in [-0.05, 0) is 45.1 Å². The number of carbonyl (C=O) groups excluding carboxylic acids is 1. The highest BCUT2D eigenvalue weighted by atomic mass is 32.1. The Morgan fingerprint density at radius 3 is 3.00 bits per heavy atom. The summed E-state index contributed by atoms with van der Waals surface area (Å²) in [6.45, 7) is 6.23.